The van der Waals surface area contributed by atoms with E-state index in [4.69, 9.17) is 5.11 Å². The van der Waals surface area contributed by atoms with Crippen LogP contribution in [-0.4, -0.2) is 38.7 Å². The third kappa shape index (κ3) is 2.32. The number of rotatable bonds is 4. The van der Waals surface area contributed by atoms with Crippen molar-refractivity contribution in [1.29, 1.82) is 0 Å². The van der Waals surface area contributed by atoms with E-state index in [1.54, 1.807) is 0 Å². The summed E-state index contributed by atoms with van der Waals surface area (Å²) in [5, 5.41) is 16.0. The van der Waals surface area contributed by atoms with Gasteiger partial charge in [0.2, 0.25) is 0 Å². The molecule has 0 radical (unpaired) electrons. The summed E-state index contributed by atoms with van der Waals surface area (Å²) in [6.45, 7) is 0.444. The van der Waals surface area contributed by atoms with Crippen molar-refractivity contribution >= 4 is 5.78 Å². The Morgan fingerprint density at radius 2 is 2.54 bits per heavy atom. The fraction of sp³-hybridized carbons (Fsp3) is 0.571. The second-order valence-corrected chi connectivity index (χ2v) is 2.67. The van der Waals surface area contributed by atoms with Crippen LogP contribution in [0.1, 0.15) is 17.4 Å². The number of carbonyl (C=O) groups is 1. The first-order valence-corrected chi connectivity index (χ1v) is 3.78. The predicted molar refractivity (Wildman–Crippen MR) is 42.0 cm³/mol. The van der Waals surface area contributed by atoms with Crippen molar-refractivity contribution < 1.29 is 14.3 Å². The largest absolute Gasteiger partial charge is 0.388 e. The summed E-state index contributed by atoms with van der Waals surface area (Å²) in [4.78, 5) is 10.9. The lowest BCUT2D eigenvalue weighted by molar-refractivity contribution is 0.0978. The van der Waals surface area contributed by atoms with Gasteiger partial charge >= 0.3 is 0 Å². The normalized spacial score (nSPS) is 12.8. The molecule has 5 nitrogen and oxygen atoms in total. The fourth-order valence-corrected chi connectivity index (χ4v) is 0.914. The van der Waals surface area contributed by atoms with Crippen LogP contribution in [-0.2, 0) is 6.54 Å². The van der Waals surface area contributed by atoms with Crippen molar-refractivity contribution in [2.75, 3.05) is 6.67 Å². The SMILES string of the molecule is CC(=O)c1cnnn1CC(O)CF. The molecule has 1 N–H and O–H groups in total. The van der Waals surface area contributed by atoms with Gasteiger partial charge in [0.1, 0.15) is 18.5 Å². The molecule has 0 bridgehead atoms. The van der Waals surface area contributed by atoms with Gasteiger partial charge in [-0.05, 0) is 0 Å². The van der Waals surface area contributed by atoms with Gasteiger partial charge in [0, 0.05) is 6.92 Å². The number of ketones is 1. The van der Waals surface area contributed by atoms with E-state index in [1.807, 2.05) is 0 Å². The molecule has 1 heterocycles. The second-order valence-electron chi connectivity index (χ2n) is 2.67. The quantitative estimate of drug-likeness (QED) is 0.663. The van der Waals surface area contributed by atoms with Crippen LogP contribution >= 0.6 is 0 Å². The Bertz CT molecular complexity index is 300. The van der Waals surface area contributed by atoms with Crippen molar-refractivity contribution in [3.63, 3.8) is 0 Å². The topological polar surface area (TPSA) is 68.0 Å². The summed E-state index contributed by atoms with van der Waals surface area (Å²) < 4.78 is 13.1. The monoisotopic (exact) mass is 187 g/mol. The highest BCUT2D eigenvalue weighted by atomic mass is 19.1. The maximum atomic E-state index is 11.9. The molecule has 0 aliphatic carbocycles. The lowest BCUT2D eigenvalue weighted by Crippen LogP contribution is -2.21. The van der Waals surface area contributed by atoms with E-state index in [-0.39, 0.29) is 18.0 Å². The Morgan fingerprint density at radius 3 is 3.08 bits per heavy atom. The minimum Gasteiger partial charge on any atom is -0.388 e. The first-order valence-electron chi connectivity index (χ1n) is 3.78. The summed E-state index contributed by atoms with van der Waals surface area (Å²) in [7, 11) is 0. The number of carbonyl (C=O) groups excluding carboxylic acids is 1. The molecule has 0 saturated carbocycles. The zero-order valence-electron chi connectivity index (χ0n) is 7.14. The van der Waals surface area contributed by atoms with E-state index in [0.29, 0.717) is 0 Å². The highest BCUT2D eigenvalue weighted by Gasteiger charge is 2.12. The molecule has 1 rings (SSSR count). The molecule has 0 aliphatic heterocycles. The van der Waals surface area contributed by atoms with Gasteiger partial charge in [-0.25, -0.2) is 9.07 Å². The molecule has 0 aromatic carbocycles. The third-order valence-electron chi connectivity index (χ3n) is 1.54. The summed E-state index contributed by atoms with van der Waals surface area (Å²) in [5.74, 6) is -0.212. The van der Waals surface area contributed by atoms with E-state index in [0.717, 1.165) is 0 Å². The lowest BCUT2D eigenvalue weighted by Gasteiger charge is -2.06. The van der Waals surface area contributed by atoms with Crippen LogP contribution in [0.5, 0.6) is 0 Å². The first-order chi connectivity index (χ1) is 6.15. The highest BCUT2D eigenvalue weighted by molar-refractivity contribution is 5.91. The number of hydrogen-bond acceptors (Lipinski definition) is 4. The zero-order valence-corrected chi connectivity index (χ0v) is 7.14. The number of aliphatic hydroxyl groups excluding tert-OH is 1. The number of aromatic nitrogens is 3. The first kappa shape index (κ1) is 9.79. The molecule has 1 unspecified atom stereocenters. The molecule has 1 aromatic heterocycles. The summed E-state index contributed by atoms with van der Waals surface area (Å²) in [6.07, 6.45) is 0.146. The number of halogens is 1. The average molecular weight is 187 g/mol. The molecule has 0 spiro atoms. The number of Topliss-reactive ketones (excluding diaryl/α,β-unsaturated/α-hetero) is 1. The molecular weight excluding hydrogens is 177 g/mol. The van der Waals surface area contributed by atoms with Crippen molar-refractivity contribution in [2.45, 2.75) is 19.6 Å². The molecular formula is C7H10FN3O2. The van der Waals surface area contributed by atoms with E-state index >= 15 is 0 Å². The van der Waals surface area contributed by atoms with Crippen molar-refractivity contribution in [3.8, 4) is 0 Å². The molecule has 0 fully saturated rings. The molecule has 0 amide bonds. The van der Waals surface area contributed by atoms with Gasteiger partial charge in [0.05, 0.1) is 12.7 Å². The smallest absolute Gasteiger partial charge is 0.179 e. The van der Waals surface area contributed by atoms with Crippen LogP contribution in [0.3, 0.4) is 0 Å². The standard InChI is InChI=1S/C7H10FN3O2/c1-5(12)7-3-9-10-11(7)4-6(13)2-8/h3,6,13H,2,4H2,1H3. The number of nitrogens with zero attached hydrogens (tertiary/aromatic N) is 3. The molecule has 1 atom stereocenters. The van der Waals surface area contributed by atoms with Crippen LogP contribution in [0.4, 0.5) is 4.39 Å². The Morgan fingerprint density at radius 1 is 1.85 bits per heavy atom. The van der Waals surface area contributed by atoms with Crippen molar-refractivity contribution in [3.05, 3.63) is 11.9 Å². The summed E-state index contributed by atoms with van der Waals surface area (Å²) >= 11 is 0. The molecule has 72 valence electrons. The predicted octanol–water partition coefficient (Wildman–Crippen LogP) is -0.189. The van der Waals surface area contributed by atoms with Gasteiger partial charge in [0.15, 0.2) is 5.78 Å². The maximum Gasteiger partial charge on any atom is 0.179 e. The average Bonchev–Trinajstić information content (AvgIpc) is 2.52. The van der Waals surface area contributed by atoms with Crippen LogP contribution in [0.25, 0.3) is 0 Å². The lowest BCUT2D eigenvalue weighted by atomic mass is 10.3. The Hall–Kier alpha value is -1.30. The molecule has 13 heavy (non-hydrogen) atoms. The Labute approximate surface area is 74.2 Å². The maximum absolute atomic E-state index is 11.9. The Balaban J connectivity index is 2.76. The second kappa shape index (κ2) is 4.08. The van der Waals surface area contributed by atoms with E-state index in [2.05, 4.69) is 10.3 Å². The van der Waals surface area contributed by atoms with Gasteiger partial charge < -0.3 is 5.11 Å². The van der Waals surface area contributed by atoms with Gasteiger partial charge in [-0.1, -0.05) is 5.21 Å². The third-order valence-corrected chi connectivity index (χ3v) is 1.54. The highest BCUT2D eigenvalue weighted by Crippen LogP contribution is 1.99. The van der Waals surface area contributed by atoms with Crippen molar-refractivity contribution in [1.82, 2.24) is 15.0 Å². The number of alkyl halides is 1. The number of hydrogen-bond donors (Lipinski definition) is 1. The molecule has 1 aromatic rings. The van der Waals surface area contributed by atoms with E-state index in [1.165, 1.54) is 17.8 Å². The van der Waals surface area contributed by atoms with E-state index < -0.39 is 12.8 Å². The van der Waals surface area contributed by atoms with E-state index in [9.17, 15) is 9.18 Å². The summed E-state index contributed by atoms with van der Waals surface area (Å²) in [6, 6.07) is 0. The summed E-state index contributed by atoms with van der Waals surface area (Å²) in [5.41, 5.74) is 0.271. The van der Waals surface area contributed by atoms with Crippen LogP contribution in [0, 0.1) is 0 Å². The fourth-order valence-electron chi connectivity index (χ4n) is 0.914. The van der Waals surface area contributed by atoms with Crippen LogP contribution in [0.15, 0.2) is 6.20 Å². The zero-order chi connectivity index (χ0) is 9.84. The van der Waals surface area contributed by atoms with Crippen LogP contribution in [0.2, 0.25) is 0 Å². The van der Waals surface area contributed by atoms with Gasteiger partial charge in [0.25, 0.3) is 0 Å². The minimum absolute atomic E-state index is 0.0502. The molecule has 0 aliphatic rings. The molecule has 0 saturated heterocycles. The van der Waals surface area contributed by atoms with Gasteiger partial charge in [-0.3, -0.25) is 4.79 Å². The Kier molecular flexibility index (Phi) is 3.07. The van der Waals surface area contributed by atoms with Gasteiger partial charge in [-0.15, -0.1) is 5.10 Å². The van der Waals surface area contributed by atoms with Crippen LogP contribution < -0.4 is 0 Å². The van der Waals surface area contributed by atoms with Gasteiger partial charge in [-0.2, -0.15) is 0 Å². The number of aliphatic hydroxyl groups is 1. The van der Waals surface area contributed by atoms with Crippen molar-refractivity contribution in [2.24, 2.45) is 0 Å². The molecule has 6 heteroatoms. The minimum atomic E-state index is -1.14.